The summed E-state index contributed by atoms with van der Waals surface area (Å²) in [4.78, 5) is 21.8. The Morgan fingerprint density at radius 3 is 2.75 bits per heavy atom. The van der Waals surface area contributed by atoms with Gasteiger partial charge in [0, 0.05) is 12.4 Å². The molecule has 0 atom stereocenters. The van der Waals surface area contributed by atoms with Crippen molar-refractivity contribution in [3.63, 3.8) is 0 Å². The fraction of sp³-hybridized carbons (Fsp3) is 0.600. The van der Waals surface area contributed by atoms with Crippen molar-refractivity contribution in [1.29, 1.82) is 0 Å². The van der Waals surface area contributed by atoms with Crippen LogP contribution in [0.15, 0.2) is 12.2 Å². The van der Waals surface area contributed by atoms with Gasteiger partial charge in [0.1, 0.15) is 0 Å². The molecule has 1 amide bonds. The zero-order valence-corrected chi connectivity index (χ0v) is 9.96. The summed E-state index contributed by atoms with van der Waals surface area (Å²) in [5.74, 6) is 0.371. The van der Waals surface area contributed by atoms with Crippen LogP contribution >= 0.6 is 11.6 Å². The van der Waals surface area contributed by atoms with Gasteiger partial charge in [0.15, 0.2) is 0 Å². The van der Waals surface area contributed by atoms with Crippen molar-refractivity contribution >= 4 is 23.8 Å². The van der Waals surface area contributed by atoms with Gasteiger partial charge < -0.3 is 14.8 Å². The second-order valence-corrected chi connectivity index (χ2v) is 3.16. The van der Waals surface area contributed by atoms with Crippen molar-refractivity contribution in [3.8, 4) is 0 Å². The van der Waals surface area contributed by atoms with Gasteiger partial charge >= 0.3 is 12.2 Å². The van der Waals surface area contributed by atoms with Crippen molar-refractivity contribution in [3.05, 3.63) is 12.2 Å². The van der Waals surface area contributed by atoms with E-state index in [9.17, 15) is 9.59 Å². The van der Waals surface area contributed by atoms with Crippen LogP contribution in [0.5, 0.6) is 0 Å². The van der Waals surface area contributed by atoms with Crippen molar-refractivity contribution in [1.82, 2.24) is 5.32 Å². The minimum atomic E-state index is -0.979. The molecule has 0 aliphatic heterocycles. The summed E-state index contributed by atoms with van der Waals surface area (Å²) in [5, 5.41) is 2.33. The number of carbonyl (C=O) groups excluding carboxylic acids is 2. The third-order valence-corrected chi connectivity index (χ3v) is 1.69. The van der Waals surface area contributed by atoms with Gasteiger partial charge in [-0.05, 0) is 6.42 Å². The van der Waals surface area contributed by atoms with E-state index in [0.717, 1.165) is 12.8 Å². The zero-order valence-electron chi connectivity index (χ0n) is 9.20. The fourth-order valence-electron chi connectivity index (χ4n) is 0.730. The van der Waals surface area contributed by atoms with Gasteiger partial charge in [-0.15, -0.1) is 11.6 Å². The van der Waals surface area contributed by atoms with Crippen LogP contribution in [-0.2, 0) is 9.47 Å². The Morgan fingerprint density at radius 1 is 1.38 bits per heavy atom. The molecule has 0 unspecified atom stereocenters. The lowest BCUT2D eigenvalue weighted by Gasteiger charge is -2.04. The third-order valence-electron chi connectivity index (χ3n) is 1.51. The van der Waals surface area contributed by atoms with Crippen LogP contribution in [0.3, 0.4) is 0 Å². The predicted octanol–water partition coefficient (Wildman–Crippen LogP) is 2.44. The van der Waals surface area contributed by atoms with Crippen molar-refractivity contribution in [2.24, 2.45) is 0 Å². The molecule has 0 aliphatic carbocycles. The Hall–Kier alpha value is -1.23. The molecule has 0 radical (unpaired) electrons. The molecule has 0 aliphatic rings. The number of nitrogens with one attached hydrogen (secondary N) is 1. The zero-order chi connectivity index (χ0) is 12.2. The molecule has 1 N–H and O–H groups in total. The second kappa shape index (κ2) is 10.3. The standard InChI is InChI=1S/C10H16ClNO4/c1-2-3-8-15-10(14)16-9(13)12-7-5-4-6-11/h4-5H,2-3,6-8H2,1H3,(H,12,13)/b5-4+. The molecule has 0 aromatic rings. The SMILES string of the molecule is CCCCOC(=O)OC(=O)NC/C=C/CCl. The summed E-state index contributed by atoms with van der Waals surface area (Å²) in [6.45, 7) is 2.48. The van der Waals surface area contributed by atoms with Gasteiger partial charge in [-0.1, -0.05) is 25.5 Å². The highest BCUT2D eigenvalue weighted by atomic mass is 35.5. The van der Waals surface area contributed by atoms with Gasteiger partial charge in [-0.25, -0.2) is 9.59 Å². The fourth-order valence-corrected chi connectivity index (χ4v) is 0.856. The second-order valence-electron chi connectivity index (χ2n) is 2.85. The Kier molecular flexibility index (Phi) is 9.50. The maximum Gasteiger partial charge on any atom is 0.517 e. The van der Waals surface area contributed by atoms with Crippen LogP contribution in [0.25, 0.3) is 0 Å². The van der Waals surface area contributed by atoms with Crippen LogP contribution < -0.4 is 5.32 Å². The summed E-state index contributed by atoms with van der Waals surface area (Å²) < 4.78 is 8.92. The molecule has 6 heteroatoms. The lowest BCUT2D eigenvalue weighted by molar-refractivity contribution is 0.0744. The van der Waals surface area contributed by atoms with Crippen LogP contribution in [0.1, 0.15) is 19.8 Å². The highest BCUT2D eigenvalue weighted by Gasteiger charge is 2.09. The molecule has 0 saturated heterocycles. The first-order valence-electron chi connectivity index (χ1n) is 5.04. The van der Waals surface area contributed by atoms with Crippen LogP contribution in [0.2, 0.25) is 0 Å². The molecule has 0 rings (SSSR count). The quantitative estimate of drug-likeness (QED) is 0.258. The maximum absolute atomic E-state index is 10.9. The molecular weight excluding hydrogens is 234 g/mol. The number of alkyl carbamates (subject to hydrolysis) is 1. The maximum atomic E-state index is 10.9. The Labute approximate surface area is 99.7 Å². The van der Waals surface area contributed by atoms with Crippen molar-refractivity contribution in [2.45, 2.75) is 19.8 Å². The third kappa shape index (κ3) is 9.33. The van der Waals surface area contributed by atoms with E-state index in [4.69, 9.17) is 11.6 Å². The highest BCUT2D eigenvalue weighted by molar-refractivity contribution is 6.18. The number of amides is 1. The number of alkyl halides is 1. The summed E-state index contributed by atoms with van der Waals surface area (Å²) in [5.41, 5.74) is 0. The molecule has 0 bridgehead atoms. The van der Waals surface area contributed by atoms with E-state index in [1.165, 1.54) is 0 Å². The number of unbranched alkanes of at least 4 members (excludes halogenated alkanes) is 1. The molecular formula is C10H16ClNO4. The number of hydrogen-bond donors (Lipinski definition) is 1. The molecule has 0 saturated carbocycles. The molecule has 5 nitrogen and oxygen atoms in total. The Bertz CT molecular complexity index is 243. The Morgan fingerprint density at radius 2 is 2.12 bits per heavy atom. The first kappa shape index (κ1) is 14.8. The average molecular weight is 250 g/mol. The van der Waals surface area contributed by atoms with E-state index in [0.29, 0.717) is 5.88 Å². The first-order chi connectivity index (χ1) is 7.70. The van der Waals surface area contributed by atoms with Gasteiger partial charge in [-0.3, -0.25) is 0 Å². The number of ether oxygens (including phenoxy) is 2. The number of carbonyl (C=O) groups is 2. The molecule has 0 spiro atoms. The lowest BCUT2D eigenvalue weighted by Crippen LogP contribution is -2.27. The molecule has 0 aromatic carbocycles. The van der Waals surface area contributed by atoms with E-state index in [2.05, 4.69) is 14.8 Å². The van der Waals surface area contributed by atoms with Crippen LogP contribution in [0.4, 0.5) is 9.59 Å². The van der Waals surface area contributed by atoms with Crippen LogP contribution in [-0.4, -0.2) is 31.3 Å². The Balaban J connectivity index is 3.54. The average Bonchev–Trinajstić information content (AvgIpc) is 2.25. The highest BCUT2D eigenvalue weighted by Crippen LogP contribution is 1.91. The van der Waals surface area contributed by atoms with Crippen LogP contribution in [0, 0.1) is 0 Å². The largest absolute Gasteiger partial charge is 0.517 e. The summed E-state index contributed by atoms with van der Waals surface area (Å²) in [7, 11) is 0. The van der Waals surface area contributed by atoms with Gasteiger partial charge in [0.05, 0.1) is 6.61 Å². The normalized spacial score (nSPS) is 10.1. The number of hydrogen-bond acceptors (Lipinski definition) is 4. The van der Waals surface area contributed by atoms with Gasteiger partial charge in [-0.2, -0.15) is 0 Å². The number of rotatable bonds is 6. The van der Waals surface area contributed by atoms with E-state index in [1.54, 1.807) is 12.2 Å². The van der Waals surface area contributed by atoms with Crippen molar-refractivity contribution < 1.29 is 19.1 Å². The molecule has 92 valence electrons. The lowest BCUT2D eigenvalue weighted by atomic mass is 10.4. The molecule has 0 aromatic heterocycles. The van der Waals surface area contributed by atoms with Gasteiger partial charge in [0.25, 0.3) is 0 Å². The van der Waals surface area contributed by atoms with Gasteiger partial charge in [0.2, 0.25) is 0 Å². The summed E-state index contributed by atoms with van der Waals surface area (Å²) >= 11 is 5.37. The first-order valence-corrected chi connectivity index (χ1v) is 5.57. The smallest absolute Gasteiger partial charge is 0.434 e. The monoisotopic (exact) mass is 249 g/mol. The number of allylic oxidation sites excluding steroid dienone is 1. The van der Waals surface area contributed by atoms with E-state index in [1.807, 2.05) is 6.92 Å². The summed E-state index contributed by atoms with van der Waals surface area (Å²) in [6, 6.07) is 0. The molecule has 16 heavy (non-hydrogen) atoms. The summed E-state index contributed by atoms with van der Waals surface area (Å²) in [6.07, 6.45) is 3.16. The minimum absolute atomic E-state index is 0.258. The van der Waals surface area contributed by atoms with E-state index >= 15 is 0 Å². The molecule has 0 heterocycles. The molecule has 0 fully saturated rings. The van der Waals surface area contributed by atoms with E-state index in [-0.39, 0.29) is 13.2 Å². The predicted molar refractivity (Wildman–Crippen MR) is 60.6 cm³/mol. The minimum Gasteiger partial charge on any atom is -0.434 e. The van der Waals surface area contributed by atoms with E-state index < -0.39 is 12.2 Å². The number of halogens is 1. The van der Waals surface area contributed by atoms with Crippen molar-refractivity contribution in [2.75, 3.05) is 19.0 Å². The topological polar surface area (TPSA) is 64.6 Å².